The normalized spacial score (nSPS) is 13.5. The van der Waals surface area contributed by atoms with Crippen molar-refractivity contribution in [2.45, 2.75) is 40.0 Å². The van der Waals surface area contributed by atoms with Gasteiger partial charge in [0, 0.05) is 0 Å². The van der Waals surface area contributed by atoms with E-state index in [-0.39, 0.29) is 0 Å². The minimum Gasteiger partial charge on any atom is -0.0996 e. The van der Waals surface area contributed by atoms with Crippen LogP contribution in [0.1, 0.15) is 40.0 Å². The maximum atomic E-state index is 3.89. The van der Waals surface area contributed by atoms with Gasteiger partial charge in [-0.25, -0.2) is 0 Å². The van der Waals surface area contributed by atoms with Crippen molar-refractivity contribution in [1.82, 2.24) is 0 Å². The molecule has 0 rings (SSSR count). The lowest BCUT2D eigenvalue weighted by molar-refractivity contribution is 0.463. The van der Waals surface area contributed by atoms with Gasteiger partial charge < -0.3 is 0 Å². The fraction of sp³-hybridized carbons (Fsp3) is 0.727. The van der Waals surface area contributed by atoms with Crippen LogP contribution in [0.3, 0.4) is 0 Å². The highest BCUT2D eigenvalue weighted by Gasteiger charge is 2.06. The average molecular weight is 153 g/mol. The molecule has 0 aromatic heterocycles. The fourth-order valence-electron chi connectivity index (χ4n) is 1.23. The van der Waals surface area contributed by atoms with E-state index in [1.54, 1.807) is 0 Å². The van der Waals surface area contributed by atoms with Gasteiger partial charge in [-0.1, -0.05) is 39.3 Å². The number of hydrogen-bond acceptors (Lipinski definition) is 0. The van der Waals surface area contributed by atoms with Crippen molar-refractivity contribution >= 4 is 0 Å². The summed E-state index contributed by atoms with van der Waals surface area (Å²) in [5, 5.41) is 0. The van der Waals surface area contributed by atoms with Gasteiger partial charge in [0.25, 0.3) is 0 Å². The molecule has 0 aromatic carbocycles. The first-order valence-corrected chi connectivity index (χ1v) is 4.58. The molecule has 0 aliphatic rings. The van der Waals surface area contributed by atoms with Crippen LogP contribution >= 0.6 is 0 Å². The zero-order valence-electron chi connectivity index (χ0n) is 8.19. The van der Waals surface area contributed by atoms with E-state index in [4.69, 9.17) is 0 Å². The molecule has 0 heterocycles. The summed E-state index contributed by atoms with van der Waals surface area (Å²) in [6.45, 7) is 14.5. The molecule has 0 heteroatoms. The van der Waals surface area contributed by atoms with Crippen LogP contribution in [-0.4, -0.2) is 0 Å². The Kier molecular flexibility index (Phi) is 5.27. The number of hydrogen-bond donors (Lipinski definition) is 0. The Balaban J connectivity index is 3.61. The summed E-state index contributed by atoms with van der Waals surface area (Å²) in [5.74, 6) is 1.46. The van der Waals surface area contributed by atoms with E-state index < -0.39 is 0 Å². The summed E-state index contributed by atoms with van der Waals surface area (Å²) in [4.78, 5) is 0. The van der Waals surface area contributed by atoms with Crippen molar-refractivity contribution in [3.05, 3.63) is 19.1 Å². The molecular weight excluding hydrogens is 132 g/mol. The number of allylic oxidation sites excluding steroid dienone is 1. The molecule has 0 fully saturated rings. The predicted molar refractivity (Wildman–Crippen MR) is 52.4 cm³/mol. The maximum absolute atomic E-state index is 3.89. The molecular formula is C11H21. The van der Waals surface area contributed by atoms with Gasteiger partial charge in [-0.3, -0.25) is 0 Å². The highest BCUT2D eigenvalue weighted by molar-refractivity contribution is 5.03. The second-order valence-corrected chi connectivity index (χ2v) is 3.73. The molecule has 0 nitrogen and oxygen atoms in total. The molecule has 0 saturated heterocycles. The monoisotopic (exact) mass is 153 g/mol. The SMILES string of the molecule is [CH2]C(=C)C(CC)CCC(C)C. The van der Waals surface area contributed by atoms with Crippen molar-refractivity contribution in [3.63, 3.8) is 0 Å². The van der Waals surface area contributed by atoms with Crippen molar-refractivity contribution in [3.8, 4) is 0 Å². The summed E-state index contributed by atoms with van der Waals surface area (Å²) < 4.78 is 0. The van der Waals surface area contributed by atoms with Crippen LogP contribution in [0.15, 0.2) is 12.2 Å². The van der Waals surface area contributed by atoms with Gasteiger partial charge in [-0.15, -0.1) is 0 Å². The average Bonchev–Trinajstić information content (AvgIpc) is 1.87. The van der Waals surface area contributed by atoms with E-state index in [1.165, 1.54) is 19.3 Å². The van der Waals surface area contributed by atoms with Gasteiger partial charge in [-0.05, 0) is 31.6 Å². The Morgan fingerprint density at radius 2 is 1.82 bits per heavy atom. The van der Waals surface area contributed by atoms with Crippen molar-refractivity contribution in [2.24, 2.45) is 11.8 Å². The van der Waals surface area contributed by atoms with Gasteiger partial charge in [0.1, 0.15) is 0 Å². The largest absolute Gasteiger partial charge is 0.0996 e. The van der Waals surface area contributed by atoms with E-state index in [1.807, 2.05) is 0 Å². The Hall–Kier alpha value is -0.260. The molecule has 0 aliphatic heterocycles. The van der Waals surface area contributed by atoms with E-state index >= 15 is 0 Å². The Bertz CT molecular complexity index is 111. The molecule has 0 aliphatic carbocycles. The smallest absolute Gasteiger partial charge is 0.0208 e. The first-order valence-electron chi connectivity index (χ1n) is 4.58. The Labute approximate surface area is 71.7 Å². The minimum atomic E-state index is 0.650. The molecule has 0 bridgehead atoms. The Morgan fingerprint density at radius 3 is 2.09 bits per heavy atom. The standard InChI is InChI=1S/C11H21/c1-6-11(10(4)5)8-7-9(2)3/h9,11H,4-8H2,1-3H3. The second-order valence-electron chi connectivity index (χ2n) is 3.73. The third-order valence-electron chi connectivity index (χ3n) is 2.16. The van der Waals surface area contributed by atoms with Crippen LogP contribution in [0.2, 0.25) is 0 Å². The fourth-order valence-corrected chi connectivity index (χ4v) is 1.23. The lowest BCUT2D eigenvalue weighted by Crippen LogP contribution is -2.01. The van der Waals surface area contributed by atoms with Gasteiger partial charge in [0.05, 0.1) is 0 Å². The van der Waals surface area contributed by atoms with Crippen LogP contribution in [0.4, 0.5) is 0 Å². The summed E-state index contributed by atoms with van der Waals surface area (Å²) >= 11 is 0. The second kappa shape index (κ2) is 5.40. The molecule has 0 spiro atoms. The Morgan fingerprint density at radius 1 is 1.27 bits per heavy atom. The number of rotatable bonds is 5. The third kappa shape index (κ3) is 5.06. The molecule has 65 valence electrons. The van der Waals surface area contributed by atoms with E-state index in [9.17, 15) is 0 Å². The summed E-state index contributed by atoms with van der Waals surface area (Å²) in [5.41, 5.74) is 1.10. The third-order valence-corrected chi connectivity index (χ3v) is 2.16. The minimum absolute atomic E-state index is 0.650. The zero-order valence-corrected chi connectivity index (χ0v) is 8.19. The van der Waals surface area contributed by atoms with E-state index in [0.29, 0.717) is 5.92 Å². The molecule has 0 amide bonds. The summed E-state index contributed by atoms with van der Waals surface area (Å²) in [7, 11) is 0. The predicted octanol–water partition coefficient (Wildman–Crippen LogP) is 3.84. The van der Waals surface area contributed by atoms with Crippen LogP contribution < -0.4 is 0 Å². The zero-order chi connectivity index (χ0) is 8.85. The molecule has 0 aromatic rings. The highest BCUT2D eigenvalue weighted by Crippen LogP contribution is 2.20. The summed E-state index contributed by atoms with van der Waals surface area (Å²) in [6, 6.07) is 0. The molecule has 11 heavy (non-hydrogen) atoms. The first-order chi connectivity index (χ1) is 5.07. The van der Waals surface area contributed by atoms with Gasteiger partial charge >= 0.3 is 0 Å². The van der Waals surface area contributed by atoms with Gasteiger partial charge in [-0.2, -0.15) is 0 Å². The van der Waals surface area contributed by atoms with Crippen molar-refractivity contribution < 1.29 is 0 Å². The lowest BCUT2D eigenvalue weighted by Gasteiger charge is -2.15. The highest BCUT2D eigenvalue weighted by atomic mass is 14.1. The van der Waals surface area contributed by atoms with E-state index in [0.717, 1.165) is 11.5 Å². The van der Waals surface area contributed by atoms with Crippen LogP contribution in [0, 0.1) is 18.8 Å². The van der Waals surface area contributed by atoms with E-state index in [2.05, 4.69) is 34.3 Å². The quantitative estimate of drug-likeness (QED) is 0.563. The van der Waals surface area contributed by atoms with Crippen LogP contribution in [0.5, 0.6) is 0 Å². The van der Waals surface area contributed by atoms with Gasteiger partial charge in [0.2, 0.25) is 0 Å². The van der Waals surface area contributed by atoms with Crippen molar-refractivity contribution in [1.29, 1.82) is 0 Å². The topological polar surface area (TPSA) is 0 Å². The van der Waals surface area contributed by atoms with Crippen LogP contribution in [-0.2, 0) is 0 Å². The lowest BCUT2D eigenvalue weighted by atomic mass is 9.91. The molecule has 1 atom stereocenters. The molecule has 1 unspecified atom stereocenters. The molecule has 1 radical (unpaired) electrons. The van der Waals surface area contributed by atoms with Crippen molar-refractivity contribution in [2.75, 3.05) is 0 Å². The first kappa shape index (κ1) is 10.7. The summed E-state index contributed by atoms with van der Waals surface area (Å²) in [6.07, 6.45) is 3.75. The molecule has 0 N–H and O–H groups in total. The van der Waals surface area contributed by atoms with Gasteiger partial charge in [0.15, 0.2) is 0 Å². The molecule has 0 saturated carbocycles. The van der Waals surface area contributed by atoms with Crippen LogP contribution in [0.25, 0.3) is 0 Å². The maximum Gasteiger partial charge on any atom is -0.0208 e.